The summed E-state index contributed by atoms with van der Waals surface area (Å²) in [6, 6.07) is 11.4. The van der Waals surface area contributed by atoms with Crippen LogP contribution in [0.2, 0.25) is 5.15 Å². The summed E-state index contributed by atoms with van der Waals surface area (Å²) < 4.78 is 29.8. The van der Waals surface area contributed by atoms with Crippen molar-refractivity contribution in [3.8, 4) is 0 Å². The minimum Gasteiger partial charge on any atom is -0.359 e. The minimum atomic E-state index is -3.35. The van der Waals surface area contributed by atoms with Gasteiger partial charge in [-0.1, -0.05) is 41.9 Å². The quantitative estimate of drug-likeness (QED) is 0.470. The molecular weight excluding hydrogens is 480 g/mol. The number of pyridine rings is 1. The Morgan fingerprint density at radius 3 is 2.69 bits per heavy atom. The molecule has 1 aromatic carbocycles. The lowest BCUT2D eigenvalue weighted by atomic mass is 10.0. The fourth-order valence-electron chi connectivity index (χ4n) is 3.41. The first-order chi connectivity index (χ1) is 16.8. The minimum absolute atomic E-state index is 0.107. The molecule has 1 atom stereocenters. The molecule has 1 amide bonds. The van der Waals surface area contributed by atoms with Gasteiger partial charge < -0.3 is 10.6 Å². The Labute approximate surface area is 203 Å². The first-order valence-corrected chi connectivity index (χ1v) is 10.9. The number of aromatic nitrogens is 3. The number of hydrogen-bond donors (Lipinski definition) is 2. The highest BCUT2D eigenvalue weighted by molar-refractivity contribution is 6.29. The highest BCUT2D eigenvalue weighted by Crippen LogP contribution is 2.26. The number of alkyl halides is 2. The Hall–Kier alpha value is -3.99. The van der Waals surface area contributed by atoms with Gasteiger partial charge in [-0.25, -0.2) is 9.98 Å². The summed E-state index contributed by atoms with van der Waals surface area (Å²) >= 11 is 6.06. The van der Waals surface area contributed by atoms with E-state index in [1.807, 2.05) is 24.3 Å². The van der Waals surface area contributed by atoms with E-state index < -0.39 is 36.2 Å². The molecule has 0 bridgehead atoms. The number of halogens is 3. The Morgan fingerprint density at radius 2 is 1.94 bits per heavy atom. The lowest BCUT2D eigenvalue weighted by Crippen LogP contribution is -2.35. The van der Waals surface area contributed by atoms with Gasteiger partial charge in [-0.2, -0.15) is 8.78 Å². The molecule has 0 fully saturated rings. The van der Waals surface area contributed by atoms with Gasteiger partial charge >= 0.3 is 5.92 Å². The summed E-state index contributed by atoms with van der Waals surface area (Å²) in [5, 5.41) is 4.97. The van der Waals surface area contributed by atoms with Gasteiger partial charge in [0.05, 0.1) is 12.7 Å². The molecule has 3 aromatic rings. The van der Waals surface area contributed by atoms with Crippen molar-refractivity contribution >= 4 is 35.9 Å². The monoisotopic (exact) mass is 499 g/mol. The number of rotatable bonds is 9. The number of nitrogens with zero attached hydrogens (tertiary/aromatic N) is 5. The van der Waals surface area contributed by atoms with Gasteiger partial charge in [-0.3, -0.25) is 24.1 Å². The molecule has 35 heavy (non-hydrogen) atoms. The van der Waals surface area contributed by atoms with Gasteiger partial charge in [0.2, 0.25) is 5.91 Å². The van der Waals surface area contributed by atoms with Crippen molar-refractivity contribution in [3.05, 3.63) is 87.2 Å². The molecule has 2 aromatic heterocycles. The van der Waals surface area contributed by atoms with E-state index in [1.165, 1.54) is 30.7 Å². The lowest BCUT2D eigenvalue weighted by Gasteiger charge is -2.17. The number of anilines is 1. The van der Waals surface area contributed by atoms with Crippen LogP contribution in [0.15, 0.2) is 69.6 Å². The highest BCUT2D eigenvalue weighted by atomic mass is 35.5. The molecule has 0 spiro atoms. The van der Waals surface area contributed by atoms with E-state index in [2.05, 4.69) is 30.6 Å². The second kappa shape index (κ2) is 10.5. The first-order valence-electron chi connectivity index (χ1n) is 10.5. The molecule has 9 nitrogen and oxygen atoms in total. The van der Waals surface area contributed by atoms with E-state index >= 15 is 0 Å². The van der Waals surface area contributed by atoms with Crippen LogP contribution in [0.1, 0.15) is 22.9 Å². The molecule has 1 aliphatic rings. The maximum Gasteiger partial charge on any atom is 0.306 e. The van der Waals surface area contributed by atoms with Crippen LogP contribution in [-0.4, -0.2) is 39.5 Å². The molecule has 0 aliphatic carbocycles. The van der Waals surface area contributed by atoms with E-state index in [1.54, 1.807) is 6.21 Å². The highest BCUT2D eigenvalue weighted by Gasteiger charge is 2.33. The maximum absolute atomic E-state index is 14.4. The molecule has 0 saturated heterocycles. The van der Waals surface area contributed by atoms with Crippen molar-refractivity contribution < 1.29 is 13.6 Å². The number of carbonyl (C=O) groups is 1. The number of carbonyl (C=O) groups excluding carboxylic acids is 1. The third-order valence-electron chi connectivity index (χ3n) is 5.20. The topological polar surface area (TPSA) is 114 Å². The van der Waals surface area contributed by atoms with Crippen molar-refractivity contribution in [1.29, 1.82) is 0 Å². The number of hydrogen-bond acceptors (Lipinski definition) is 7. The van der Waals surface area contributed by atoms with Crippen molar-refractivity contribution in [2.75, 3.05) is 11.9 Å². The molecule has 4 rings (SSSR count). The van der Waals surface area contributed by atoms with Crippen molar-refractivity contribution in [2.24, 2.45) is 9.98 Å². The second-order valence-electron chi connectivity index (χ2n) is 7.58. The summed E-state index contributed by atoms with van der Waals surface area (Å²) in [4.78, 5) is 41.0. The average molecular weight is 500 g/mol. The third-order valence-corrected chi connectivity index (χ3v) is 5.50. The van der Waals surface area contributed by atoms with E-state index in [-0.39, 0.29) is 23.6 Å². The summed E-state index contributed by atoms with van der Waals surface area (Å²) in [5.74, 6) is -4.21. The normalized spacial score (nSPS) is 14.8. The Balaban J connectivity index is 1.42. The van der Waals surface area contributed by atoms with Crippen LogP contribution in [0.3, 0.4) is 0 Å². The Morgan fingerprint density at radius 1 is 1.14 bits per heavy atom. The Kier molecular flexibility index (Phi) is 7.25. The van der Waals surface area contributed by atoms with Crippen LogP contribution in [0.5, 0.6) is 0 Å². The molecule has 2 N–H and O–H groups in total. The predicted octanol–water partition coefficient (Wildman–Crippen LogP) is 2.97. The molecule has 12 heteroatoms. The molecular formula is C23H20ClF2N7O2. The zero-order valence-corrected chi connectivity index (χ0v) is 19.0. The number of aliphatic imine (C=N–C) groups is 2. The SMILES string of the molecule is O=C(Cn1c(Cl)cnc(NCC(F)(F)c2ccccn2)c1=O)NCc1ccccc1C1C=NC=N1. The largest absolute Gasteiger partial charge is 0.359 e. The van der Waals surface area contributed by atoms with Crippen LogP contribution < -0.4 is 16.2 Å². The third kappa shape index (κ3) is 5.75. The second-order valence-corrected chi connectivity index (χ2v) is 7.96. The Bertz CT molecular complexity index is 1320. The van der Waals surface area contributed by atoms with Crippen LogP contribution in [0.25, 0.3) is 0 Å². The molecule has 3 heterocycles. The van der Waals surface area contributed by atoms with Gasteiger partial charge in [0.1, 0.15) is 29.8 Å². The average Bonchev–Trinajstić information content (AvgIpc) is 3.40. The fraction of sp³-hybridized carbons (Fsp3) is 0.217. The van der Waals surface area contributed by atoms with E-state index in [0.717, 1.165) is 21.9 Å². The van der Waals surface area contributed by atoms with Crippen LogP contribution >= 0.6 is 11.6 Å². The van der Waals surface area contributed by atoms with E-state index in [9.17, 15) is 18.4 Å². The summed E-state index contributed by atoms with van der Waals surface area (Å²) in [5.41, 5.74) is 0.478. The summed E-state index contributed by atoms with van der Waals surface area (Å²) in [6.07, 6.45) is 5.53. The summed E-state index contributed by atoms with van der Waals surface area (Å²) in [6.45, 7) is -1.14. The smallest absolute Gasteiger partial charge is 0.306 e. The van der Waals surface area contributed by atoms with Gasteiger partial charge in [-0.05, 0) is 23.3 Å². The standard InChI is InChI=1S/C23H20ClF2N7O2/c24-19-11-30-21(31-13-23(25,26)18-7-3-4-8-28-18)22(35)33(19)12-20(34)29-9-15-5-1-2-6-16(15)17-10-27-14-32-17/h1-8,10-11,14,17H,9,12-13H2,(H,29,34)(H,30,31). The first kappa shape index (κ1) is 24.1. The number of nitrogens with one attached hydrogen (secondary N) is 2. The molecule has 180 valence electrons. The summed E-state index contributed by atoms with van der Waals surface area (Å²) in [7, 11) is 0. The van der Waals surface area contributed by atoms with Gasteiger partial charge in [0.15, 0.2) is 5.82 Å². The van der Waals surface area contributed by atoms with Crippen molar-refractivity contribution in [3.63, 3.8) is 0 Å². The van der Waals surface area contributed by atoms with Crippen LogP contribution in [0.4, 0.5) is 14.6 Å². The number of benzene rings is 1. The van der Waals surface area contributed by atoms with Gasteiger partial charge in [0, 0.05) is 19.0 Å². The van der Waals surface area contributed by atoms with Crippen LogP contribution in [-0.2, 0) is 23.8 Å². The molecule has 0 saturated carbocycles. The van der Waals surface area contributed by atoms with Crippen LogP contribution in [0, 0.1) is 0 Å². The van der Waals surface area contributed by atoms with E-state index in [4.69, 9.17) is 11.6 Å². The lowest BCUT2D eigenvalue weighted by molar-refractivity contribution is -0.121. The zero-order chi connectivity index (χ0) is 24.8. The van der Waals surface area contributed by atoms with E-state index in [0.29, 0.717) is 0 Å². The molecule has 1 unspecified atom stereocenters. The van der Waals surface area contributed by atoms with Gasteiger partial charge in [0.25, 0.3) is 5.56 Å². The van der Waals surface area contributed by atoms with Crippen molar-refractivity contribution in [1.82, 2.24) is 19.9 Å². The molecule has 0 radical (unpaired) electrons. The number of amides is 1. The maximum atomic E-state index is 14.4. The molecule has 1 aliphatic heterocycles. The predicted molar refractivity (Wildman–Crippen MR) is 128 cm³/mol. The zero-order valence-electron chi connectivity index (χ0n) is 18.2. The van der Waals surface area contributed by atoms with Crippen molar-refractivity contribution in [2.45, 2.75) is 25.1 Å². The van der Waals surface area contributed by atoms with Gasteiger partial charge in [-0.15, -0.1) is 0 Å². The fourth-order valence-corrected chi connectivity index (χ4v) is 3.59.